The third kappa shape index (κ3) is 1.34. The molecule has 2 saturated carbocycles. The molecule has 4 nitrogen and oxygen atoms in total. The van der Waals surface area contributed by atoms with Crippen LogP contribution in [0.1, 0.15) is 25.7 Å². The van der Waals surface area contributed by atoms with Crippen molar-refractivity contribution in [2.45, 2.75) is 37.9 Å². The Hall–Kier alpha value is -1.06. The van der Waals surface area contributed by atoms with Gasteiger partial charge in [0, 0.05) is 5.92 Å². The Labute approximate surface area is 87.9 Å². The fourth-order valence-corrected chi connectivity index (χ4v) is 3.53. The second-order valence-electron chi connectivity index (χ2n) is 4.94. The normalized spacial score (nSPS) is 47.2. The van der Waals surface area contributed by atoms with Crippen LogP contribution in [0.25, 0.3) is 0 Å². The van der Waals surface area contributed by atoms with Crippen LogP contribution in [0.4, 0.5) is 0 Å². The quantitative estimate of drug-likeness (QED) is 0.501. The number of ether oxygens (including phenoxy) is 2. The summed E-state index contributed by atoms with van der Waals surface area (Å²) in [5.74, 6) is 0.907. The monoisotopic (exact) mass is 210 g/mol. The molecule has 0 radical (unpaired) electrons. The molecule has 82 valence electrons. The average molecular weight is 210 g/mol. The van der Waals surface area contributed by atoms with Gasteiger partial charge in [0.1, 0.15) is 12.2 Å². The topological polar surface area (TPSA) is 52.6 Å². The van der Waals surface area contributed by atoms with Crippen molar-refractivity contribution in [1.82, 2.24) is 0 Å². The van der Waals surface area contributed by atoms with Gasteiger partial charge in [0.15, 0.2) is 0 Å². The molecule has 2 saturated heterocycles. The van der Waals surface area contributed by atoms with E-state index >= 15 is 0 Å². The molecule has 15 heavy (non-hydrogen) atoms. The van der Waals surface area contributed by atoms with Gasteiger partial charge in [-0.05, 0) is 31.6 Å². The molecule has 4 heteroatoms. The Morgan fingerprint density at radius 2 is 2.13 bits per heavy atom. The van der Waals surface area contributed by atoms with Gasteiger partial charge in [-0.1, -0.05) is 0 Å². The third-order valence-corrected chi connectivity index (χ3v) is 4.05. The molecule has 5 atom stereocenters. The highest BCUT2D eigenvalue weighted by molar-refractivity contribution is 5.73. The van der Waals surface area contributed by atoms with Crippen molar-refractivity contribution in [3.63, 3.8) is 0 Å². The van der Waals surface area contributed by atoms with Crippen LogP contribution in [0.2, 0.25) is 0 Å². The largest absolute Gasteiger partial charge is 0.460 e. The van der Waals surface area contributed by atoms with Crippen LogP contribution in [-0.4, -0.2) is 24.6 Å². The van der Waals surface area contributed by atoms with Crippen molar-refractivity contribution >= 4 is 12.4 Å². The van der Waals surface area contributed by atoms with Gasteiger partial charge in [0.05, 0.1) is 5.92 Å². The lowest BCUT2D eigenvalue weighted by Gasteiger charge is -2.40. The van der Waals surface area contributed by atoms with E-state index in [0.717, 1.165) is 25.7 Å². The lowest BCUT2D eigenvalue weighted by molar-refractivity contribution is -0.164. The highest BCUT2D eigenvalue weighted by Gasteiger charge is 2.51. The Bertz CT molecular complexity index is 301. The molecule has 4 fully saturated rings. The first-order valence-electron chi connectivity index (χ1n) is 5.57. The van der Waals surface area contributed by atoms with Gasteiger partial charge < -0.3 is 9.47 Å². The predicted octanol–water partition coefficient (Wildman–Crippen LogP) is 0.890. The van der Waals surface area contributed by atoms with E-state index in [1.54, 1.807) is 0 Å². The van der Waals surface area contributed by atoms with E-state index in [-0.39, 0.29) is 24.1 Å². The number of fused-ring (bicyclic) bond motifs is 1. The molecule has 5 unspecified atom stereocenters. The van der Waals surface area contributed by atoms with Crippen molar-refractivity contribution in [2.75, 3.05) is 0 Å². The lowest BCUT2D eigenvalue weighted by atomic mass is 9.67. The number of rotatable bonds is 2. The zero-order valence-corrected chi connectivity index (χ0v) is 8.43. The molecule has 4 bridgehead atoms. The number of esters is 1. The molecule has 0 amide bonds. The molecular weight excluding hydrogens is 196 g/mol. The molecular formula is C11H14O4. The van der Waals surface area contributed by atoms with Gasteiger partial charge in [-0.15, -0.1) is 0 Å². The first-order valence-corrected chi connectivity index (χ1v) is 5.57. The van der Waals surface area contributed by atoms with Crippen molar-refractivity contribution in [2.24, 2.45) is 17.8 Å². The van der Waals surface area contributed by atoms with Crippen LogP contribution in [0.3, 0.4) is 0 Å². The van der Waals surface area contributed by atoms with E-state index in [1.165, 1.54) is 0 Å². The summed E-state index contributed by atoms with van der Waals surface area (Å²) in [4.78, 5) is 22.1. The number of carbonyl (C=O) groups excluding carboxylic acids is 2. The van der Waals surface area contributed by atoms with Crippen molar-refractivity contribution < 1.29 is 19.1 Å². The molecule has 0 spiro atoms. The van der Waals surface area contributed by atoms with Gasteiger partial charge in [-0.25, -0.2) is 0 Å². The third-order valence-electron chi connectivity index (χ3n) is 4.05. The van der Waals surface area contributed by atoms with Crippen LogP contribution in [-0.2, 0) is 19.1 Å². The highest BCUT2D eigenvalue weighted by atomic mass is 16.6. The predicted molar refractivity (Wildman–Crippen MR) is 49.8 cm³/mol. The highest BCUT2D eigenvalue weighted by Crippen LogP contribution is 2.47. The molecule has 0 aromatic carbocycles. The molecule has 2 heterocycles. The summed E-state index contributed by atoms with van der Waals surface area (Å²) in [6, 6.07) is 0. The summed E-state index contributed by atoms with van der Waals surface area (Å²) in [5, 5.41) is 0. The van der Waals surface area contributed by atoms with E-state index in [1.807, 2.05) is 0 Å². The van der Waals surface area contributed by atoms with Gasteiger partial charge in [0.25, 0.3) is 6.47 Å². The maximum absolute atomic E-state index is 11.6. The van der Waals surface area contributed by atoms with Crippen LogP contribution < -0.4 is 0 Å². The van der Waals surface area contributed by atoms with Crippen molar-refractivity contribution in [3.05, 3.63) is 0 Å². The second-order valence-corrected chi connectivity index (χ2v) is 4.94. The number of hydrogen-bond acceptors (Lipinski definition) is 4. The number of carbonyl (C=O) groups is 2. The summed E-state index contributed by atoms with van der Waals surface area (Å²) in [5.41, 5.74) is 0. The van der Waals surface area contributed by atoms with Crippen molar-refractivity contribution in [3.8, 4) is 0 Å². The van der Waals surface area contributed by atoms with Crippen LogP contribution in [0, 0.1) is 17.8 Å². The number of hydrogen-bond donors (Lipinski definition) is 0. The Balaban J connectivity index is 1.90. The fourth-order valence-electron chi connectivity index (χ4n) is 3.53. The zero-order chi connectivity index (χ0) is 10.4. The Kier molecular flexibility index (Phi) is 1.97. The average Bonchev–Trinajstić information content (AvgIpc) is 2.37. The molecule has 0 aromatic rings. The van der Waals surface area contributed by atoms with Crippen molar-refractivity contribution in [1.29, 1.82) is 0 Å². The van der Waals surface area contributed by atoms with E-state index in [4.69, 9.17) is 9.47 Å². The molecule has 2 aliphatic carbocycles. The second kappa shape index (κ2) is 3.22. The molecule has 0 aromatic heterocycles. The van der Waals surface area contributed by atoms with E-state index in [0.29, 0.717) is 18.3 Å². The summed E-state index contributed by atoms with van der Waals surface area (Å²) < 4.78 is 10.5. The van der Waals surface area contributed by atoms with E-state index in [9.17, 15) is 9.59 Å². The smallest absolute Gasteiger partial charge is 0.309 e. The minimum absolute atomic E-state index is 0.0546. The molecule has 4 rings (SSSR count). The van der Waals surface area contributed by atoms with Gasteiger partial charge in [-0.2, -0.15) is 0 Å². The molecule has 2 aliphatic heterocycles. The fraction of sp³-hybridized carbons (Fsp3) is 0.818. The first-order chi connectivity index (χ1) is 7.28. The van der Waals surface area contributed by atoms with Gasteiger partial charge >= 0.3 is 5.97 Å². The summed E-state index contributed by atoms with van der Waals surface area (Å²) >= 11 is 0. The van der Waals surface area contributed by atoms with Crippen LogP contribution in [0.15, 0.2) is 0 Å². The summed E-state index contributed by atoms with van der Waals surface area (Å²) in [6.07, 6.45) is 3.40. The zero-order valence-electron chi connectivity index (χ0n) is 8.43. The minimum atomic E-state index is -0.187. The standard InChI is InChI=1S/C11H14O4/c12-5-14-10-7-1-6-2-8(4-7)11(13)15-9(10)3-6/h5-10H,1-4H2. The van der Waals surface area contributed by atoms with Gasteiger partial charge in [0.2, 0.25) is 0 Å². The maximum atomic E-state index is 11.6. The van der Waals surface area contributed by atoms with E-state index < -0.39 is 0 Å². The van der Waals surface area contributed by atoms with E-state index in [2.05, 4.69) is 0 Å². The maximum Gasteiger partial charge on any atom is 0.309 e. The Morgan fingerprint density at radius 3 is 2.93 bits per heavy atom. The first kappa shape index (κ1) is 9.19. The molecule has 4 aliphatic rings. The Morgan fingerprint density at radius 1 is 1.27 bits per heavy atom. The van der Waals surface area contributed by atoms with Crippen LogP contribution in [0.5, 0.6) is 0 Å². The summed E-state index contributed by atoms with van der Waals surface area (Å²) in [7, 11) is 0. The molecule has 0 N–H and O–H groups in total. The lowest BCUT2D eigenvalue weighted by Crippen LogP contribution is -2.44. The van der Waals surface area contributed by atoms with Gasteiger partial charge in [-0.3, -0.25) is 9.59 Å². The van der Waals surface area contributed by atoms with Crippen LogP contribution >= 0.6 is 0 Å². The summed E-state index contributed by atoms with van der Waals surface area (Å²) in [6.45, 7) is 0.487. The SMILES string of the molecule is O=COC1C2CC3CC(C2)C(=O)OC1C3. The minimum Gasteiger partial charge on any atom is -0.460 e.